The minimum absolute atomic E-state index is 0.0494. The van der Waals surface area contributed by atoms with Crippen LogP contribution in [0, 0.1) is 0 Å². The van der Waals surface area contributed by atoms with Gasteiger partial charge in [-0.2, -0.15) is 0 Å². The summed E-state index contributed by atoms with van der Waals surface area (Å²) in [6.07, 6.45) is 2.02. The fraction of sp³-hybridized carbons (Fsp3) is 0.600. The molecule has 82 valence electrons. The van der Waals surface area contributed by atoms with Gasteiger partial charge in [-0.1, -0.05) is 0 Å². The van der Waals surface area contributed by atoms with E-state index in [2.05, 4.69) is 15.4 Å². The molecule has 0 aromatic carbocycles. The quantitative estimate of drug-likeness (QED) is 0.700. The topological polar surface area (TPSA) is 60.2 Å². The van der Waals surface area contributed by atoms with E-state index >= 15 is 0 Å². The molecule has 15 heavy (non-hydrogen) atoms. The second-order valence-electron chi connectivity index (χ2n) is 4.00. The highest BCUT2D eigenvalue weighted by molar-refractivity contribution is 6.41. The lowest BCUT2D eigenvalue weighted by atomic mass is 10.2. The van der Waals surface area contributed by atoms with Crippen LogP contribution in [0.2, 0.25) is 0 Å². The minimum Gasteiger partial charge on any atom is -0.393 e. The highest BCUT2D eigenvalue weighted by Crippen LogP contribution is 2.17. The van der Waals surface area contributed by atoms with Gasteiger partial charge in [-0.3, -0.25) is 10.0 Å². The van der Waals surface area contributed by atoms with Crippen LogP contribution in [-0.2, 0) is 0 Å². The summed E-state index contributed by atoms with van der Waals surface area (Å²) >= 11 is 0. The molecular weight excluding hydrogens is 192 g/mol. The summed E-state index contributed by atoms with van der Waals surface area (Å²) in [5, 5.41) is 11.2. The predicted octanol–water partition coefficient (Wildman–Crippen LogP) is 0.638. The third-order valence-electron chi connectivity index (χ3n) is 2.45. The smallest absolute Gasteiger partial charge is 0.165 e. The summed E-state index contributed by atoms with van der Waals surface area (Å²) in [5.74, 6) is 0.862. The molecule has 2 N–H and O–H groups in total. The molecule has 0 spiro atoms. The van der Waals surface area contributed by atoms with Crippen LogP contribution in [0.3, 0.4) is 0 Å². The minimum atomic E-state index is -0.352. The number of aliphatic hydroxyl groups is 1. The Morgan fingerprint density at radius 3 is 2.93 bits per heavy atom. The zero-order valence-corrected chi connectivity index (χ0v) is 9.23. The fourth-order valence-corrected chi connectivity index (χ4v) is 1.70. The molecule has 0 saturated heterocycles. The Kier molecular flexibility index (Phi) is 2.58. The first-order valence-electron chi connectivity index (χ1n) is 5.11. The molecule has 5 heteroatoms. The Balaban J connectivity index is 2.17. The lowest BCUT2D eigenvalue weighted by Gasteiger charge is -2.24. The van der Waals surface area contributed by atoms with Crippen molar-refractivity contribution in [2.75, 3.05) is 0 Å². The van der Waals surface area contributed by atoms with Crippen molar-refractivity contribution in [2.24, 2.45) is 9.98 Å². The fourth-order valence-electron chi connectivity index (χ4n) is 1.70. The molecule has 0 aromatic rings. The lowest BCUT2D eigenvalue weighted by Crippen LogP contribution is -2.43. The van der Waals surface area contributed by atoms with E-state index in [1.807, 2.05) is 25.1 Å². The van der Waals surface area contributed by atoms with Crippen molar-refractivity contribution < 1.29 is 5.11 Å². The number of hydrogen-bond donors (Lipinski definition) is 2. The van der Waals surface area contributed by atoms with Crippen LogP contribution in [0.4, 0.5) is 0 Å². The average Bonchev–Trinajstić information content (AvgIpc) is 2.55. The van der Waals surface area contributed by atoms with Gasteiger partial charge in [0, 0.05) is 12.6 Å². The summed E-state index contributed by atoms with van der Waals surface area (Å²) in [5.41, 5.74) is 5.15. The average molecular weight is 208 g/mol. The van der Waals surface area contributed by atoms with E-state index in [1.165, 1.54) is 0 Å². The largest absolute Gasteiger partial charge is 0.393 e. The van der Waals surface area contributed by atoms with E-state index in [1.54, 1.807) is 6.92 Å². The van der Waals surface area contributed by atoms with Gasteiger partial charge >= 0.3 is 0 Å². The Labute approximate surface area is 89.2 Å². The number of nitrogens with zero attached hydrogens (tertiary/aromatic N) is 3. The van der Waals surface area contributed by atoms with Crippen molar-refractivity contribution in [3.63, 3.8) is 0 Å². The molecule has 2 unspecified atom stereocenters. The highest BCUT2D eigenvalue weighted by atomic mass is 16.3. The molecule has 0 amide bonds. The Bertz CT molecular complexity index is 356. The highest BCUT2D eigenvalue weighted by Gasteiger charge is 2.29. The Morgan fingerprint density at radius 1 is 1.60 bits per heavy atom. The number of aliphatic imine (C=N–C) groups is 2. The second kappa shape index (κ2) is 3.75. The van der Waals surface area contributed by atoms with Gasteiger partial charge in [0.05, 0.1) is 17.5 Å². The third kappa shape index (κ3) is 1.93. The summed E-state index contributed by atoms with van der Waals surface area (Å²) in [6, 6.07) is 0. The van der Waals surface area contributed by atoms with Crippen LogP contribution in [0.1, 0.15) is 27.2 Å². The van der Waals surface area contributed by atoms with E-state index in [0.29, 0.717) is 6.42 Å². The SMILES string of the molecule is CC1=CN=C(C)C2=NC(CC(C)O)NN12. The summed E-state index contributed by atoms with van der Waals surface area (Å²) in [6.45, 7) is 5.67. The Morgan fingerprint density at radius 2 is 2.33 bits per heavy atom. The molecule has 2 aliphatic rings. The summed E-state index contributed by atoms with van der Waals surface area (Å²) in [4.78, 5) is 8.73. The first-order valence-corrected chi connectivity index (χ1v) is 5.11. The predicted molar refractivity (Wildman–Crippen MR) is 59.4 cm³/mol. The maximum Gasteiger partial charge on any atom is 0.165 e. The molecule has 0 bridgehead atoms. The van der Waals surface area contributed by atoms with Gasteiger partial charge in [-0.05, 0) is 20.8 Å². The molecule has 5 nitrogen and oxygen atoms in total. The number of fused-ring (bicyclic) bond motifs is 1. The van der Waals surface area contributed by atoms with Crippen LogP contribution in [0.5, 0.6) is 0 Å². The van der Waals surface area contributed by atoms with E-state index in [-0.39, 0.29) is 12.3 Å². The molecule has 2 rings (SSSR count). The van der Waals surface area contributed by atoms with E-state index in [0.717, 1.165) is 17.2 Å². The standard InChI is InChI=1S/C10H16N4O/c1-6-5-11-8(3)10-12-9(4-7(2)15)13-14(6)10/h5,7,9,13,15H,4H2,1-3H3. The van der Waals surface area contributed by atoms with Gasteiger partial charge in [0.15, 0.2) is 5.84 Å². The number of hydrazine groups is 1. The molecule has 0 aromatic heterocycles. The number of rotatable bonds is 2. The van der Waals surface area contributed by atoms with Crippen molar-refractivity contribution in [1.29, 1.82) is 0 Å². The van der Waals surface area contributed by atoms with E-state index < -0.39 is 0 Å². The molecule has 0 saturated carbocycles. The lowest BCUT2D eigenvalue weighted by molar-refractivity contribution is 0.162. The van der Waals surface area contributed by atoms with Crippen LogP contribution in [0.25, 0.3) is 0 Å². The molecule has 2 atom stereocenters. The number of hydrogen-bond acceptors (Lipinski definition) is 5. The maximum absolute atomic E-state index is 9.31. The van der Waals surface area contributed by atoms with Crippen LogP contribution < -0.4 is 5.43 Å². The monoisotopic (exact) mass is 208 g/mol. The molecule has 0 aliphatic carbocycles. The molecule has 2 heterocycles. The number of allylic oxidation sites excluding steroid dienone is 1. The molecule has 0 radical (unpaired) electrons. The first-order chi connectivity index (χ1) is 7.08. The number of nitrogens with one attached hydrogen (secondary N) is 1. The maximum atomic E-state index is 9.31. The van der Waals surface area contributed by atoms with Crippen molar-refractivity contribution in [1.82, 2.24) is 10.4 Å². The van der Waals surface area contributed by atoms with Crippen LogP contribution in [0.15, 0.2) is 21.9 Å². The first kappa shape index (κ1) is 10.3. The zero-order chi connectivity index (χ0) is 11.0. The van der Waals surface area contributed by atoms with Crippen molar-refractivity contribution in [2.45, 2.75) is 39.5 Å². The van der Waals surface area contributed by atoms with Crippen LogP contribution in [-0.4, -0.2) is 33.9 Å². The molecule has 0 fully saturated rings. The van der Waals surface area contributed by atoms with E-state index in [4.69, 9.17) is 0 Å². The van der Waals surface area contributed by atoms with Gasteiger partial charge in [0.2, 0.25) is 0 Å². The summed E-state index contributed by atoms with van der Waals surface area (Å²) < 4.78 is 0. The molecule has 2 aliphatic heterocycles. The number of aliphatic hydroxyl groups excluding tert-OH is 1. The van der Waals surface area contributed by atoms with Gasteiger partial charge in [0.1, 0.15) is 6.17 Å². The van der Waals surface area contributed by atoms with Gasteiger partial charge in [-0.15, -0.1) is 0 Å². The van der Waals surface area contributed by atoms with E-state index in [9.17, 15) is 5.11 Å². The van der Waals surface area contributed by atoms with Gasteiger partial charge in [-0.25, -0.2) is 10.4 Å². The van der Waals surface area contributed by atoms with Gasteiger partial charge < -0.3 is 5.11 Å². The second-order valence-corrected chi connectivity index (χ2v) is 4.00. The van der Waals surface area contributed by atoms with Crippen LogP contribution >= 0.6 is 0 Å². The summed E-state index contributed by atoms with van der Waals surface area (Å²) in [7, 11) is 0. The van der Waals surface area contributed by atoms with Crippen molar-refractivity contribution in [3.05, 3.63) is 11.9 Å². The third-order valence-corrected chi connectivity index (χ3v) is 2.45. The molecular formula is C10H16N4O. The van der Waals surface area contributed by atoms with Gasteiger partial charge in [0.25, 0.3) is 0 Å². The van der Waals surface area contributed by atoms with Crippen molar-refractivity contribution in [3.8, 4) is 0 Å². The Hall–Kier alpha value is -1.20. The number of amidine groups is 1. The zero-order valence-electron chi connectivity index (χ0n) is 9.23. The normalized spacial score (nSPS) is 26.8. The van der Waals surface area contributed by atoms with Crippen molar-refractivity contribution >= 4 is 11.5 Å².